The van der Waals surface area contributed by atoms with Crippen LogP contribution in [0.15, 0.2) is 24.5 Å². The van der Waals surface area contributed by atoms with Gasteiger partial charge >= 0.3 is 0 Å². The van der Waals surface area contributed by atoms with Crippen molar-refractivity contribution in [1.82, 2.24) is 9.97 Å². The molecule has 0 radical (unpaired) electrons. The van der Waals surface area contributed by atoms with Crippen molar-refractivity contribution in [3.63, 3.8) is 0 Å². The molecule has 0 aliphatic carbocycles. The minimum absolute atomic E-state index is 0.295. The van der Waals surface area contributed by atoms with Crippen LogP contribution < -0.4 is 11.3 Å². The molecule has 0 aliphatic rings. The number of hydrazine groups is 1. The highest BCUT2D eigenvalue weighted by atomic mass is 19.1. The normalized spacial score (nSPS) is 10.3. The Balaban J connectivity index is 2.87. The maximum absolute atomic E-state index is 13.3. The number of rotatable bonds is 1. The van der Waals surface area contributed by atoms with Crippen LogP contribution in [0.25, 0.3) is 10.9 Å². The molecule has 66 valence electrons. The summed E-state index contributed by atoms with van der Waals surface area (Å²) >= 11 is 0. The van der Waals surface area contributed by atoms with Crippen molar-refractivity contribution in [2.24, 2.45) is 5.84 Å². The molecule has 2 rings (SSSR count). The first-order chi connectivity index (χ1) is 6.33. The van der Waals surface area contributed by atoms with Gasteiger partial charge in [-0.15, -0.1) is 0 Å². The molecular formula is C8H7FN4. The van der Waals surface area contributed by atoms with E-state index in [0.29, 0.717) is 16.7 Å². The van der Waals surface area contributed by atoms with E-state index >= 15 is 0 Å². The maximum atomic E-state index is 13.3. The molecule has 0 fully saturated rings. The Morgan fingerprint density at radius 1 is 1.31 bits per heavy atom. The maximum Gasteiger partial charge on any atom is 0.154 e. The van der Waals surface area contributed by atoms with Crippen LogP contribution in [0.2, 0.25) is 0 Å². The van der Waals surface area contributed by atoms with Crippen LogP contribution >= 0.6 is 0 Å². The lowest BCUT2D eigenvalue weighted by Gasteiger charge is -2.03. The zero-order valence-corrected chi connectivity index (χ0v) is 6.66. The monoisotopic (exact) mass is 178 g/mol. The topological polar surface area (TPSA) is 63.8 Å². The summed E-state index contributed by atoms with van der Waals surface area (Å²) in [6.07, 6.45) is 1.33. The molecule has 1 heterocycles. The largest absolute Gasteiger partial charge is 0.308 e. The lowest BCUT2D eigenvalue weighted by molar-refractivity contribution is 0.639. The molecular weight excluding hydrogens is 171 g/mol. The Kier molecular flexibility index (Phi) is 1.79. The summed E-state index contributed by atoms with van der Waals surface area (Å²) in [6, 6.07) is 4.62. The summed E-state index contributed by atoms with van der Waals surface area (Å²) in [6.45, 7) is 0. The van der Waals surface area contributed by atoms with Crippen molar-refractivity contribution in [3.05, 3.63) is 30.3 Å². The number of anilines is 1. The van der Waals surface area contributed by atoms with Gasteiger partial charge in [-0.1, -0.05) is 6.07 Å². The van der Waals surface area contributed by atoms with Gasteiger partial charge < -0.3 is 5.43 Å². The lowest BCUT2D eigenvalue weighted by Crippen LogP contribution is -2.09. The van der Waals surface area contributed by atoms with Crippen molar-refractivity contribution in [3.8, 4) is 0 Å². The summed E-state index contributed by atoms with van der Waals surface area (Å²) in [5.41, 5.74) is 2.85. The summed E-state index contributed by atoms with van der Waals surface area (Å²) in [7, 11) is 0. The number of nitrogen functional groups attached to an aromatic ring is 1. The van der Waals surface area contributed by atoms with Crippen molar-refractivity contribution in [2.45, 2.75) is 0 Å². The Bertz CT molecular complexity index is 438. The molecule has 1 aromatic heterocycles. The predicted molar refractivity (Wildman–Crippen MR) is 47.3 cm³/mol. The van der Waals surface area contributed by atoms with E-state index in [1.165, 1.54) is 12.4 Å². The van der Waals surface area contributed by atoms with Gasteiger partial charge in [0.15, 0.2) is 5.82 Å². The van der Waals surface area contributed by atoms with Gasteiger partial charge in [-0.3, -0.25) is 0 Å². The molecule has 1 aromatic carbocycles. The van der Waals surface area contributed by atoms with E-state index in [1.807, 2.05) is 0 Å². The second kappa shape index (κ2) is 2.95. The van der Waals surface area contributed by atoms with E-state index in [0.717, 1.165) is 0 Å². The van der Waals surface area contributed by atoms with Crippen LogP contribution in [-0.4, -0.2) is 9.97 Å². The van der Waals surface area contributed by atoms with Gasteiger partial charge in [-0.05, 0) is 12.1 Å². The van der Waals surface area contributed by atoms with Gasteiger partial charge in [0.25, 0.3) is 0 Å². The molecule has 0 amide bonds. The summed E-state index contributed by atoms with van der Waals surface area (Å²) in [4.78, 5) is 7.70. The molecule has 0 saturated carbocycles. The molecule has 3 N–H and O–H groups in total. The van der Waals surface area contributed by atoms with E-state index in [2.05, 4.69) is 15.4 Å². The first-order valence-corrected chi connectivity index (χ1v) is 3.69. The van der Waals surface area contributed by atoms with Gasteiger partial charge in [-0.2, -0.15) is 0 Å². The van der Waals surface area contributed by atoms with Crippen LogP contribution in [0.3, 0.4) is 0 Å². The fourth-order valence-corrected chi connectivity index (χ4v) is 1.18. The Labute approximate surface area is 73.6 Å². The molecule has 0 spiro atoms. The van der Waals surface area contributed by atoms with Gasteiger partial charge in [0.05, 0.1) is 10.9 Å². The number of hydrogen-bond donors (Lipinski definition) is 2. The number of halogens is 1. The van der Waals surface area contributed by atoms with Gasteiger partial charge in [0.1, 0.15) is 12.1 Å². The molecule has 0 bridgehead atoms. The number of hydrogen-bond acceptors (Lipinski definition) is 4. The fourth-order valence-electron chi connectivity index (χ4n) is 1.18. The number of benzene rings is 1. The molecule has 4 nitrogen and oxygen atoms in total. The Morgan fingerprint density at radius 2 is 2.15 bits per heavy atom. The second-order valence-electron chi connectivity index (χ2n) is 2.50. The van der Waals surface area contributed by atoms with Crippen molar-refractivity contribution in [2.75, 3.05) is 5.43 Å². The molecule has 5 heteroatoms. The summed E-state index contributed by atoms with van der Waals surface area (Å²) in [5, 5.41) is 0.313. The van der Waals surface area contributed by atoms with Crippen LogP contribution in [0.5, 0.6) is 0 Å². The van der Waals surface area contributed by atoms with E-state index in [-0.39, 0.29) is 5.82 Å². The van der Waals surface area contributed by atoms with E-state index in [1.54, 1.807) is 12.1 Å². The third kappa shape index (κ3) is 1.19. The standard InChI is InChI=1S/C8H7FN4/c9-5-2-1-3-6-7(5)8(13-10)12-4-11-6/h1-4H,10H2,(H,11,12,13). The minimum atomic E-state index is -0.383. The quantitative estimate of drug-likeness (QED) is 0.506. The second-order valence-corrected chi connectivity index (χ2v) is 2.50. The van der Waals surface area contributed by atoms with Crippen LogP contribution in [0.4, 0.5) is 10.2 Å². The first kappa shape index (κ1) is 7.88. The zero-order chi connectivity index (χ0) is 9.26. The number of aromatic nitrogens is 2. The van der Waals surface area contributed by atoms with Crippen LogP contribution in [0.1, 0.15) is 0 Å². The SMILES string of the molecule is NNc1ncnc2cccc(F)c12. The van der Waals surface area contributed by atoms with Gasteiger partial charge in [0, 0.05) is 0 Å². The highest BCUT2D eigenvalue weighted by molar-refractivity contribution is 5.88. The molecule has 0 saturated heterocycles. The molecule has 13 heavy (non-hydrogen) atoms. The zero-order valence-electron chi connectivity index (χ0n) is 6.66. The Morgan fingerprint density at radius 3 is 2.92 bits per heavy atom. The Hall–Kier alpha value is -1.75. The van der Waals surface area contributed by atoms with E-state index in [9.17, 15) is 4.39 Å². The van der Waals surface area contributed by atoms with Crippen molar-refractivity contribution >= 4 is 16.7 Å². The summed E-state index contributed by atoms with van der Waals surface area (Å²) < 4.78 is 13.3. The third-order valence-corrected chi connectivity index (χ3v) is 1.75. The lowest BCUT2D eigenvalue weighted by atomic mass is 10.2. The average Bonchev–Trinajstić information content (AvgIpc) is 2.17. The van der Waals surface area contributed by atoms with Crippen LogP contribution in [0, 0.1) is 5.82 Å². The molecule has 2 aromatic rings. The smallest absolute Gasteiger partial charge is 0.154 e. The van der Waals surface area contributed by atoms with Crippen molar-refractivity contribution < 1.29 is 4.39 Å². The highest BCUT2D eigenvalue weighted by Crippen LogP contribution is 2.20. The average molecular weight is 178 g/mol. The first-order valence-electron chi connectivity index (χ1n) is 3.69. The number of nitrogens with zero attached hydrogens (tertiary/aromatic N) is 2. The van der Waals surface area contributed by atoms with E-state index < -0.39 is 0 Å². The predicted octanol–water partition coefficient (Wildman–Crippen LogP) is 1.05. The summed E-state index contributed by atoms with van der Waals surface area (Å²) in [5.74, 6) is 5.09. The van der Waals surface area contributed by atoms with E-state index in [4.69, 9.17) is 5.84 Å². The molecule has 0 unspecified atom stereocenters. The number of nitrogens with one attached hydrogen (secondary N) is 1. The molecule has 0 aliphatic heterocycles. The number of fused-ring (bicyclic) bond motifs is 1. The van der Waals surface area contributed by atoms with Crippen molar-refractivity contribution in [1.29, 1.82) is 0 Å². The van der Waals surface area contributed by atoms with Crippen LogP contribution in [-0.2, 0) is 0 Å². The van der Waals surface area contributed by atoms with Gasteiger partial charge in [-0.25, -0.2) is 20.2 Å². The fraction of sp³-hybridized carbons (Fsp3) is 0. The van der Waals surface area contributed by atoms with Gasteiger partial charge in [0.2, 0.25) is 0 Å². The third-order valence-electron chi connectivity index (χ3n) is 1.75. The molecule has 0 atom stereocenters. The minimum Gasteiger partial charge on any atom is -0.308 e. The highest BCUT2D eigenvalue weighted by Gasteiger charge is 2.06. The number of nitrogens with two attached hydrogens (primary N) is 1.